The molecule has 2 N–H and O–H groups in total. The number of phenols is 2. The SMILES string of the molecule is Cc1cc(C2(c3cc(C)c(O)c(C)c3C)CCCC2Cl)c(C)c(C)c1O. The van der Waals surface area contributed by atoms with Crippen LogP contribution in [-0.4, -0.2) is 15.6 Å². The van der Waals surface area contributed by atoms with Gasteiger partial charge in [-0.15, -0.1) is 11.6 Å². The highest BCUT2D eigenvalue weighted by molar-refractivity contribution is 6.22. The van der Waals surface area contributed by atoms with Gasteiger partial charge in [-0.25, -0.2) is 0 Å². The number of aromatic hydroxyl groups is 2. The van der Waals surface area contributed by atoms with Crippen LogP contribution >= 0.6 is 11.6 Å². The highest BCUT2D eigenvalue weighted by Crippen LogP contribution is 2.53. The van der Waals surface area contributed by atoms with E-state index in [0.29, 0.717) is 11.5 Å². The van der Waals surface area contributed by atoms with Gasteiger partial charge >= 0.3 is 0 Å². The Morgan fingerprint density at radius 3 is 1.58 bits per heavy atom. The number of halogens is 1. The number of hydrogen-bond donors (Lipinski definition) is 2. The summed E-state index contributed by atoms with van der Waals surface area (Å²) in [5.74, 6) is 0.751. The van der Waals surface area contributed by atoms with Gasteiger partial charge in [0.2, 0.25) is 0 Å². The lowest BCUT2D eigenvalue weighted by Crippen LogP contribution is -2.35. The first-order chi connectivity index (χ1) is 12.1. The first-order valence-corrected chi connectivity index (χ1v) is 9.81. The van der Waals surface area contributed by atoms with E-state index in [1.54, 1.807) is 0 Å². The van der Waals surface area contributed by atoms with Crippen molar-refractivity contribution >= 4 is 11.6 Å². The molecule has 1 atom stereocenters. The van der Waals surface area contributed by atoms with Gasteiger partial charge < -0.3 is 10.2 Å². The van der Waals surface area contributed by atoms with E-state index >= 15 is 0 Å². The number of rotatable bonds is 2. The summed E-state index contributed by atoms with van der Waals surface area (Å²) in [4.78, 5) is 0. The van der Waals surface area contributed by atoms with Crippen molar-refractivity contribution in [1.29, 1.82) is 0 Å². The van der Waals surface area contributed by atoms with Crippen molar-refractivity contribution in [2.45, 2.75) is 71.6 Å². The van der Waals surface area contributed by atoms with Crippen molar-refractivity contribution in [2.75, 3.05) is 0 Å². The smallest absolute Gasteiger partial charge is 0.121 e. The van der Waals surface area contributed by atoms with E-state index in [1.807, 2.05) is 27.7 Å². The Kier molecular flexibility index (Phi) is 4.77. The molecule has 2 aromatic rings. The molecule has 0 radical (unpaired) electrons. The fourth-order valence-electron chi connectivity index (χ4n) is 4.78. The number of hydrogen-bond acceptors (Lipinski definition) is 2. The molecule has 1 saturated carbocycles. The molecule has 1 fully saturated rings. The largest absolute Gasteiger partial charge is 0.507 e. The second kappa shape index (κ2) is 6.49. The molecular weight excluding hydrogens is 344 g/mol. The van der Waals surface area contributed by atoms with Crippen molar-refractivity contribution in [1.82, 2.24) is 0 Å². The average molecular weight is 373 g/mol. The van der Waals surface area contributed by atoms with E-state index in [-0.39, 0.29) is 10.8 Å². The predicted molar refractivity (Wildman–Crippen MR) is 109 cm³/mol. The van der Waals surface area contributed by atoms with Crippen molar-refractivity contribution in [3.63, 3.8) is 0 Å². The molecule has 0 saturated heterocycles. The lowest BCUT2D eigenvalue weighted by molar-refractivity contribution is 0.460. The maximum absolute atomic E-state index is 10.4. The monoisotopic (exact) mass is 372 g/mol. The van der Waals surface area contributed by atoms with Crippen LogP contribution in [0.2, 0.25) is 0 Å². The van der Waals surface area contributed by atoms with Gasteiger partial charge in [0.15, 0.2) is 0 Å². The maximum atomic E-state index is 10.4. The third kappa shape index (κ3) is 2.53. The lowest BCUT2D eigenvalue weighted by Gasteiger charge is -2.38. The van der Waals surface area contributed by atoms with Crippen LogP contribution in [0.15, 0.2) is 12.1 Å². The van der Waals surface area contributed by atoms with E-state index in [2.05, 4.69) is 26.0 Å². The van der Waals surface area contributed by atoms with Crippen LogP contribution in [0.4, 0.5) is 0 Å². The lowest BCUT2D eigenvalue weighted by atomic mass is 9.68. The van der Waals surface area contributed by atoms with Crippen LogP contribution in [0.1, 0.15) is 63.8 Å². The molecule has 3 rings (SSSR count). The summed E-state index contributed by atoms with van der Waals surface area (Å²) in [6, 6.07) is 4.24. The Bertz CT molecular complexity index is 819. The summed E-state index contributed by atoms with van der Waals surface area (Å²) < 4.78 is 0. The summed E-state index contributed by atoms with van der Waals surface area (Å²) in [6.45, 7) is 12.0. The van der Waals surface area contributed by atoms with Gasteiger partial charge in [-0.1, -0.05) is 18.6 Å². The van der Waals surface area contributed by atoms with Gasteiger partial charge in [-0.2, -0.15) is 0 Å². The van der Waals surface area contributed by atoms with Crippen molar-refractivity contribution < 1.29 is 10.2 Å². The first kappa shape index (κ1) is 19.1. The molecule has 0 heterocycles. The van der Waals surface area contributed by atoms with Crippen molar-refractivity contribution in [3.8, 4) is 11.5 Å². The second-order valence-electron chi connectivity index (χ2n) is 8.01. The second-order valence-corrected chi connectivity index (χ2v) is 8.54. The maximum Gasteiger partial charge on any atom is 0.121 e. The van der Waals surface area contributed by atoms with Crippen LogP contribution in [-0.2, 0) is 5.41 Å². The molecule has 140 valence electrons. The number of alkyl halides is 1. The molecule has 0 bridgehead atoms. The molecule has 2 nitrogen and oxygen atoms in total. The zero-order valence-electron chi connectivity index (χ0n) is 16.6. The first-order valence-electron chi connectivity index (χ1n) is 9.37. The van der Waals surface area contributed by atoms with E-state index in [1.165, 1.54) is 11.1 Å². The zero-order chi connectivity index (χ0) is 19.4. The topological polar surface area (TPSA) is 40.5 Å². The molecule has 0 aromatic heterocycles. The molecule has 0 amide bonds. The molecule has 1 unspecified atom stereocenters. The van der Waals surface area contributed by atoms with E-state index in [4.69, 9.17) is 11.6 Å². The predicted octanol–water partition coefficient (Wildman–Crippen LogP) is 6.03. The Balaban J connectivity index is 2.40. The zero-order valence-corrected chi connectivity index (χ0v) is 17.4. The summed E-state index contributed by atoms with van der Waals surface area (Å²) >= 11 is 7.01. The minimum atomic E-state index is -0.290. The number of aryl methyl sites for hydroxylation is 2. The molecule has 0 aliphatic heterocycles. The summed E-state index contributed by atoms with van der Waals surface area (Å²) in [5, 5.41) is 20.8. The molecule has 3 heteroatoms. The number of benzene rings is 2. The van der Waals surface area contributed by atoms with Gasteiger partial charge in [0.25, 0.3) is 0 Å². The standard InChI is InChI=1S/C23H29ClO2/c1-12-10-18(14(3)16(5)21(12)25)23(9-7-8-20(23)24)19-11-13(2)22(26)17(6)15(19)4/h10-11,20,25-26H,7-9H2,1-6H3. The third-order valence-electron chi connectivity index (χ3n) is 6.64. The van der Waals surface area contributed by atoms with Crippen molar-refractivity contribution in [2.24, 2.45) is 0 Å². The van der Waals surface area contributed by atoms with Gasteiger partial charge in [0, 0.05) is 10.8 Å². The van der Waals surface area contributed by atoms with Gasteiger partial charge in [0.05, 0.1) is 0 Å². The Morgan fingerprint density at radius 2 is 1.23 bits per heavy atom. The van der Waals surface area contributed by atoms with Crippen LogP contribution in [0.5, 0.6) is 11.5 Å². The van der Waals surface area contributed by atoms with Crippen LogP contribution in [0.25, 0.3) is 0 Å². The molecular formula is C23H29ClO2. The molecule has 0 spiro atoms. The highest BCUT2D eigenvalue weighted by Gasteiger charge is 2.47. The van der Waals surface area contributed by atoms with E-state index in [0.717, 1.165) is 52.6 Å². The molecule has 2 aromatic carbocycles. The molecule has 1 aliphatic rings. The summed E-state index contributed by atoms with van der Waals surface area (Å²) in [5.41, 5.74) is 8.02. The highest BCUT2D eigenvalue weighted by atomic mass is 35.5. The third-order valence-corrected chi connectivity index (χ3v) is 7.23. The van der Waals surface area contributed by atoms with E-state index in [9.17, 15) is 10.2 Å². The molecule has 1 aliphatic carbocycles. The summed E-state index contributed by atoms with van der Waals surface area (Å²) in [7, 11) is 0. The normalized spacial score (nSPS) is 19.1. The van der Waals surface area contributed by atoms with Crippen molar-refractivity contribution in [3.05, 3.63) is 56.6 Å². The van der Waals surface area contributed by atoms with Gasteiger partial charge in [-0.05, 0) is 98.9 Å². The average Bonchev–Trinajstić information content (AvgIpc) is 2.99. The Morgan fingerprint density at radius 1 is 0.808 bits per heavy atom. The summed E-state index contributed by atoms with van der Waals surface area (Å²) in [6.07, 6.45) is 3.03. The van der Waals surface area contributed by atoms with Crippen LogP contribution in [0, 0.1) is 41.5 Å². The Hall–Kier alpha value is -1.67. The quantitative estimate of drug-likeness (QED) is 0.632. The van der Waals surface area contributed by atoms with Gasteiger partial charge in [-0.3, -0.25) is 0 Å². The van der Waals surface area contributed by atoms with Crippen LogP contribution < -0.4 is 0 Å². The fourth-order valence-corrected chi connectivity index (χ4v) is 5.28. The van der Waals surface area contributed by atoms with Crippen LogP contribution in [0.3, 0.4) is 0 Å². The van der Waals surface area contributed by atoms with E-state index < -0.39 is 0 Å². The Labute approximate surface area is 161 Å². The minimum Gasteiger partial charge on any atom is -0.507 e. The minimum absolute atomic E-state index is 0.00779. The van der Waals surface area contributed by atoms with Gasteiger partial charge in [0.1, 0.15) is 11.5 Å². The fraction of sp³-hybridized carbons (Fsp3) is 0.478. The number of phenolic OH excluding ortho intramolecular Hbond substituents is 2. The molecule has 26 heavy (non-hydrogen) atoms.